The Morgan fingerprint density at radius 2 is 2.11 bits per heavy atom. The molecule has 1 amide bonds. The van der Waals surface area contributed by atoms with Crippen LogP contribution < -0.4 is 14.8 Å². The van der Waals surface area contributed by atoms with Gasteiger partial charge in [-0.05, 0) is 11.4 Å². The smallest absolute Gasteiger partial charge is 0.322 e. The average molecular weight is 403 g/mol. The Kier molecular flexibility index (Phi) is 5.44. The Labute approximate surface area is 163 Å². The molecular formula is C17H17N5O5S. The molecule has 0 spiro atoms. The lowest BCUT2D eigenvalue weighted by Gasteiger charge is -2.22. The largest absolute Gasteiger partial charge is 0.494 e. The second kappa shape index (κ2) is 8.31. The van der Waals surface area contributed by atoms with Crippen molar-refractivity contribution in [1.82, 2.24) is 20.4 Å². The molecule has 0 aromatic carbocycles. The van der Waals surface area contributed by atoms with E-state index in [0.29, 0.717) is 19.1 Å². The molecule has 1 aliphatic heterocycles. The summed E-state index contributed by atoms with van der Waals surface area (Å²) in [6.07, 6.45) is 1.55. The van der Waals surface area contributed by atoms with E-state index in [0.717, 1.165) is 17.7 Å². The molecule has 28 heavy (non-hydrogen) atoms. The molecule has 0 bridgehead atoms. The molecule has 1 N–H and O–H groups in total. The van der Waals surface area contributed by atoms with Crippen molar-refractivity contribution in [2.45, 2.75) is 18.9 Å². The maximum atomic E-state index is 12.5. The highest BCUT2D eigenvalue weighted by Gasteiger charge is 2.22. The fourth-order valence-corrected chi connectivity index (χ4v) is 3.27. The highest BCUT2D eigenvalue weighted by molar-refractivity contribution is 7.13. The molecule has 11 heteroatoms. The number of rotatable bonds is 6. The van der Waals surface area contributed by atoms with E-state index in [9.17, 15) is 4.79 Å². The van der Waals surface area contributed by atoms with Crippen molar-refractivity contribution >= 4 is 23.3 Å². The number of methoxy groups -OCH3 is 1. The van der Waals surface area contributed by atoms with Gasteiger partial charge < -0.3 is 18.6 Å². The first-order valence-corrected chi connectivity index (χ1v) is 9.46. The molecule has 0 radical (unpaired) electrons. The number of hydrogen-bond donors (Lipinski definition) is 1. The zero-order chi connectivity index (χ0) is 19.3. The normalized spacial score (nSPS) is 14.6. The average Bonchev–Trinajstić information content (AvgIpc) is 3.40. The quantitative estimate of drug-likeness (QED) is 0.661. The maximum absolute atomic E-state index is 12.5. The summed E-state index contributed by atoms with van der Waals surface area (Å²) in [5, 5.41) is 20.0. The van der Waals surface area contributed by atoms with Gasteiger partial charge in [-0.25, -0.2) is 0 Å². The van der Waals surface area contributed by atoms with Crippen molar-refractivity contribution in [3.8, 4) is 22.4 Å². The summed E-state index contributed by atoms with van der Waals surface area (Å²) in [5.74, 6) is 0.262. The minimum Gasteiger partial charge on any atom is -0.494 e. The summed E-state index contributed by atoms with van der Waals surface area (Å²) in [6.45, 7) is 1.29. The molecule has 3 aromatic heterocycles. The third-order valence-corrected chi connectivity index (χ3v) is 4.86. The summed E-state index contributed by atoms with van der Waals surface area (Å²) in [5.41, 5.74) is -0.0160. The molecule has 3 aromatic rings. The maximum Gasteiger partial charge on any atom is 0.322 e. The Hall–Kier alpha value is -3.05. The second-order valence-electron chi connectivity index (χ2n) is 5.87. The van der Waals surface area contributed by atoms with Gasteiger partial charge in [0.15, 0.2) is 11.4 Å². The van der Waals surface area contributed by atoms with Crippen LogP contribution in [0.5, 0.6) is 11.6 Å². The molecule has 146 valence electrons. The topological polar surface area (TPSA) is 121 Å². The minimum atomic E-state index is -0.580. The van der Waals surface area contributed by atoms with Crippen molar-refractivity contribution in [3.05, 3.63) is 29.3 Å². The van der Waals surface area contributed by atoms with Crippen LogP contribution in [0.15, 0.2) is 28.0 Å². The van der Waals surface area contributed by atoms with Crippen molar-refractivity contribution in [2.75, 3.05) is 25.6 Å². The lowest BCUT2D eigenvalue weighted by Crippen LogP contribution is -2.26. The number of thiophene rings is 1. The molecule has 4 heterocycles. The number of nitrogens with zero attached hydrogens (tertiary/aromatic N) is 4. The number of carbonyl (C=O) groups is 1. The number of nitrogens with one attached hydrogen (secondary N) is 1. The van der Waals surface area contributed by atoms with Crippen molar-refractivity contribution in [1.29, 1.82) is 0 Å². The van der Waals surface area contributed by atoms with Gasteiger partial charge in [0.05, 0.1) is 25.2 Å². The minimum absolute atomic E-state index is 0.00139. The van der Waals surface area contributed by atoms with Crippen LogP contribution in [0.3, 0.4) is 0 Å². The predicted octanol–water partition coefficient (Wildman–Crippen LogP) is 2.41. The van der Waals surface area contributed by atoms with Gasteiger partial charge in [0.1, 0.15) is 6.10 Å². The Balaban J connectivity index is 1.46. The van der Waals surface area contributed by atoms with Gasteiger partial charge in [0.25, 0.3) is 11.8 Å². The highest BCUT2D eigenvalue weighted by Crippen LogP contribution is 2.26. The van der Waals surface area contributed by atoms with Crippen molar-refractivity contribution < 1.29 is 23.4 Å². The first-order chi connectivity index (χ1) is 13.7. The molecule has 1 fully saturated rings. The van der Waals surface area contributed by atoms with Crippen LogP contribution in [0.25, 0.3) is 10.8 Å². The highest BCUT2D eigenvalue weighted by atomic mass is 32.1. The van der Waals surface area contributed by atoms with E-state index in [1.165, 1.54) is 24.5 Å². The van der Waals surface area contributed by atoms with Gasteiger partial charge in [-0.1, -0.05) is 11.2 Å². The van der Waals surface area contributed by atoms with E-state index in [1.54, 1.807) is 0 Å². The number of amides is 1. The van der Waals surface area contributed by atoms with Gasteiger partial charge in [-0.15, -0.1) is 26.6 Å². The molecular weight excluding hydrogens is 386 g/mol. The third kappa shape index (κ3) is 4.10. The Morgan fingerprint density at radius 3 is 2.86 bits per heavy atom. The van der Waals surface area contributed by atoms with Crippen molar-refractivity contribution in [2.24, 2.45) is 0 Å². The molecule has 0 unspecified atom stereocenters. The fourth-order valence-electron chi connectivity index (χ4n) is 2.62. The number of anilines is 1. The molecule has 0 saturated carbocycles. The van der Waals surface area contributed by atoms with Crippen LogP contribution in [0.1, 0.15) is 23.3 Å². The zero-order valence-electron chi connectivity index (χ0n) is 15.0. The predicted molar refractivity (Wildman–Crippen MR) is 98.6 cm³/mol. The standard InChI is InChI=1S/C17H17N5O5S/c1-24-11-9-13(26-10-4-6-25-7-5-10)19-20-14(11)15(23)18-17-22-21-16(27-17)12-3-2-8-28-12/h2-3,8-10H,4-7H2,1H3,(H,18,22,23). The number of aromatic nitrogens is 4. The van der Waals surface area contributed by atoms with E-state index in [2.05, 4.69) is 25.7 Å². The lowest BCUT2D eigenvalue weighted by atomic mass is 10.1. The van der Waals surface area contributed by atoms with Crippen LogP contribution in [-0.2, 0) is 4.74 Å². The number of carbonyl (C=O) groups excluding carboxylic acids is 1. The van der Waals surface area contributed by atoms with E-state index in [1.807, 2.05) is 17.5 Å². The van der Waals surface area contributed by atoms with E-state index < -0.39 is 5.91 Å². The van der Waals surface area contributed by atoms with Gasteiger partial charge in [0.2, 0.25) is 5.88 Å². The van der Waals surface area contributed by atoms with E-state index >= 15 is 0 Å². The fraction of sp³-hybridized carbons (Fsp3) is 0.353. The monoisotopic (exact) mass is 403 g/mol. The van der Waals surface area contributed by atoms with E-state index in [4.69, 9.17) is 18.6 Å². The number of ether oxygens (including phenoxy) is 3. The summed E-state index contributed by atoms with van der Waals surface area (Å²) in [7, 11) is 1.44. The Morgan fingerprint density at radius 1 is 1.25 bits per heavy atom. The van der Waals surface area contributed by atoms with Crippen LogP contribution in [0.2, 0.25) is 0 Å². The lowest BCUT2D eigenvalue weighted by molar-refractivity contribution is 0.0232. The Bertz CT molecular complexity index is 939. The van der Waals surface area contributed by atoms with Crippen LogP contribution in [-0.4, -0.2) is 52.7 Å². The summed E-state index contributed by atoms with van der Waals surface area (Å²) in [6, 6.07) is 5.20. The third-order valence-electron chi connectivity index (χ3n) is 4.00. The first kappa shape index (κ1) is 18.3. The van der Waals surface area contributed by atoms with Crippen LogP contribution >= 0.6 is 11.3 Å². The van der Waals surface area contributed by atoms with Gasteiger partial charge in [0, 0.05) is 18.9 Å². The first-order valence-electron chi connectivity index (χ1n) is 8.58. The number of hydrogen-bond acceptors (Lipinski definition) is 10. The summed E-state index contributed by atoms with van der Waals surface area (Å²) >= 11 is 1.45. The molecule has 1 aliphatic rings. The molecule has 1 saturated heterocycles. The van der Waals surface area contributed by atoms with Crippen molar-refractivity contribution in [3.63, 3.8) is 0 Å². The van der Waals surface area contributed by atoms with Gasteiger partial charge in [-0.3, -0.25) is 10.1 Å². The van der Waals surface area contributed by atoms with Crippen LogP contribution in [0.4, 0.5) is 6.01 Å². The molecule has 0 atom stereocenters. The van der Waals surface area contributed by atoms with Crippen LogP contribution in [0, 0.1) is 0 Å². The molecule has 4 rings (SSSR count). The summed E-state index contributed by atoms with van der Waals surface area (Å²) in [4.78, 5) is 13.3. The van der Waals surface area contributed by atoms with Gasteiger partial charge >= 0.3 is 6.01 Å². The van der Waals surface area contributed by atoms with E-state index in [-0.39, 0.29) is 29.4 Å². The molecule has 10 nitrogen and oxygen atoms in total. The summed E-state index contributed by atoms with van der Waals surface area (Å²) < 4.78 is 21.8. The SMILES string of the molecule is COc1cc(OC2CCOCC2)nnc1C(=O)Nc1nnc(-c2cccs2)o1. The zero-order valence-corrected chi connectivity index (χ0v) is 15.8. The second-order valence-corrected chi connectivity index (χ2v) is 6.82. The van der Waals surface area contributed by atoms with Gasteiger partial charge in [-0.2, -0.15) is 0 Å². The molecule has 0 aliphatic carbocycles.